The number of thioether (sulfide) groups is 1. The Hall–Kier alpha value is -3.72. The average Bonchev–Trinajstić information content (AvgIpc) is 3.30. The van der Waals surface area contributed by atoms with Gasteiger partial charge in [-0.05, 0) is 50.2 Å². The number of carbonyl (C=O) groups excluding carboxylic acids is 1. The third kappa shape index (κ3) is 5.38. The van der Waals surface area contributed by atoms with Gasteiger partial charge in [-0.1, -0.05) is 30.0 Å². The Kier molecular flexibility index (Phi) is 7.31. The van der Waals surface area contributed by atoms with Gasteiger partial charge in [0.05, 0.1) is 11.9 Å². The number of hydrogen-bond acceptors (Lipinski definition) is 7. The molecule has 0 saturated carbocycles. The fourth-order valence-electron chi connectivity index (χ4n) is 3.43. The normalized spacial score (nSPS) is 10.7. The van der Waals surface area contributed by atoms with Crippen LogP contribution in [0.2, 0.25) is 0 Å². The van der Waals surface area contributed by atoms with Crippen LogP contribution in [0.25, 0.3) is 17.2 Å². The number of hydrogen-bond donors (Lipinski definition) is 1. The molecule has 0 aliphatic rings. The summed E-state index contributed by atoms with van der Waals surface area (Å²) in [5, 5.41) is 12.2. The molecule has 0 aliphatic carbocycles. The highest BCUT2D eigenvalue weighted by molar-refractivity contribution is 7.99. The first-order chi connectivity index (χ1) is 16.2. The van der Waals surface area contributed by atoms with Crippen LogP contribution in [0, 0.1) is 0 Å². The van der Waals surface area contributed by atoms with E-state index in [0.717, 1.165) is 30.2 Å². The molecule has 33 heavy (non-hydrogen) atoms. The van der Waals surface area contributed by atoms with Gasteiger partial charge in [0.25, 0.3) is 0 Å². The molecule has 2 aromatic heterocycles. The molecule has 168 valence electrons. The van der Waals surface area contributed by atoms with Gasteiger partial charge in [0.15, 0.2) is 11.0 Å². The molecule has 0 saturated heterocycles. The quantitative estimate of drug-likeness (QED) is 0.373. The SMILES string of the molecule is CCN(CC)c1ccc(NC(=O)CSc2nnc(-c3cnccn3)n2-c2ccccc2)cc1. The van der Waals surface area contributed by atoms with E-state index in [1.54, 1.807) is 18.6 Å². The maximum atomic E-state index is 12.6. The van der Waals surface area contributed by atoms with Crippen LogP contribution >= 0.6 is 11.8 Å². The van der Waals surface area contributed by atoms with Gasteiger partial charge < -0.3 is 10.2 Å². The molecule has 0 unspecified atom stereocenters. The molecule has 1 amide bonds. The van der Waals surface area contributed by atoms with Crippen molar-refractivity contribution >= 4 is 29.0 Å². The van der Waals surface area contributed by atoms with E-state index in [2.05, 4.69) is 44.2 Å². The zero-order chi connectivity index (χ0) is 23.0. The largest absolute Gasteiger partial charge is 0.372 e. The smallest absolute Gasteiger partial charge is 0.234 e. The molecule has 2 aromatic carbocycles. The molecule has 0 fully saturated rings. The second-order valence-corrected chi connectivity index (χ2v) is 8.07. The molecule has 0 bridgehead atoms. The van der Waals surface area contributed by atoms with E-state index >= 15 is 0 Å². The maximum absolute atomic E-state index is 12.6. The first kappa shape index (κ1) is 22.5. The van der Waals surface area contributed by atoms with Gasteiger partial charge in [-0.15, -0.1) is 10.2 Å². The molecule has 9 heteroatoms. The van der Waals surface area contributed by atoms with Crippen molar-refractivity contribution in [1.82, 2.24) is 24.7 Å². The van der Waals surface area contributed by atoms with Gasteiger partial charge in [-0.2, -0.15) is 0 Å². The topological polar surface area (TPSA) is 88.8 Å². The van der Waals surface area contributed by atoms with E-state index in [1.165, 1.54) is 11.8 Å². The van der Waals surface area contributed by atoms with Crippen molar-refractivity contribution < 1.29 is 4.79 Å². The Bertz CT molecular complexity index is 1180. The number of nitrogens with one attached hydrogen (secondary N) is 1. The summed E-state index contributed by atoms with van der Waals surface area (Å²) in [4.78, 5) is 23.4. The van der Waals surface area contributed by atoms with Crippen molar-refractivity contribution in [3.05, 3.63) is 73.2 Å². The summed E-state index contributed by atoms with van der Waals surface area (Å²) in [5.41, 5.74) is 3.40. The van der Waals surface area contributed by atoms with Crippen LogP contribution in [0.4, 0.5) is 11.4 Å². The lowest BCUT2D eigenvalue weighted by Crippen LogP contribution is -2.21. The zero-order valence-electron chi connectivity index (χ0n) is 18.5. The van der Waals surface area contributed by atoms with Crippen molar-refractivity contribution in [2.45, 2.75) is 19.0 Å². The monoisotopic (exact) mass is 459 g/mol. The number of aromatic nitrogens is 5. The van der Waals surface area contributed by atoms with Crippen molar-refractivity contribution in [3.8, 4) is 17.2 Å². The predicted molar refractivity (Wildman–Crippen MR) is 132 cm³/mol. The minimum atomic E-state index is -0.112. The minimum absolute atomic E-state index is 0.112. The number of para-hydroxylation sites is 1. The highest BCUT2D eigenvalue weighted by Crippen LogP contribution is 2.27. The zero-order valence-corrected chi connectivity index (χ0v) is 19.4. The van der Waals surface area contributed by atoms with E-state index in [-0.39, 0.29) is 11.7 Å². The number of benzene rings is 2. The fourth-order valence-corrected chi connectivity index (χ4v) is 4.18. The summed E-state index contributed by atoms with van der Waals surface area (Å²) in [5.74, 6) is 0.659. The van der Waals surface area contributed by atoms with Gasteiger partial charge in [-0.3, -0.25) is 14.3 Å². The van der Waals surface area contributed by atoms with E-state index in [9.17, 15) is 4.79 Å². The summed E-state index contributed by atoms with van der Waals surface area (Å²) < 4.78 is 1.89. The molecule has 1 N–H and O–H groups in total. The third-order valence-electron chi connectivity index (χ3n) is 5.05. The lowest BCUT2D eigenvalue weighted by Gasteiger charge is -2.21. The Balaban J connectivity index is 1.48. The van der Waals surface area contributed by atoms with Gasteiger partial charge in [0.1, 0.15) is 5.69 Å². The van der Waals surface area contributed by atoms with Crippen LogP contribution in [-0.2, 0) is 4.79 Å². The number of rotatable bonds is 9. The highest BCUT2D eigenvalue weighted by atomic mass is 32.2. The van der Waals surface area contributed by atoms with E-state index in [0.29, 0.717) is 16.7 Å². The van der Waals surface area contributed by atoms with Gasteiger partial charge >= 0.3 is 0 Å². The van der Waals surface area contributed by atoms with Crippen molar-refractivity contribution in [2.24, 2.45) is 0 Å². The third-order valence-corrected chi connectivity index (χ3v) is 5.98. The maximum Gasteiger partial charge on any atom is 0.234 e. The summed E-state index contributed by atoms with van der Waals surface area (Å²) >= 11 is 1.32. The van der Waals surface area contributed by atoms with Crippen LogP contribution in [-0.4, -0.2) is 49.5 Å². The summed E-state index contributed by atoms with van der Waals surface area (Å²) in [6.07, 6.45) is 4.87. The first-order valence-electron chi connectivity index (χ1n) is 10.7. The molecule has 2 heterocycles. The Morgan fingerprint density at radius 2 is 1.76 bits per heavy atom. The molecule has 4 aromatic rings. The molecule has 8 nitrogen and oxygen atoms in total. The van der Waals surface area contributed by atoms with Gasteiger partial charge in [0.2, 0.25) is 5.91 Å². The molecule has 4 rings (SSSR count). The number of amides is 1. The number of nitrogens with zero attached hydrogens (tertiary/aromatic N) is 6. The predicted octanol–water partition coefficient (Wildman–Crippen LogP) is 4.30. The second-order valence-electron chi connectivity index (χ2n) is 7.12. The Morgan fingerprint density at radius 1 is 1.00 bits per heavy atom. The van der Waals surface area contributed by atoms with Gasteiger partial charge in [0, 0.05) is 42.5 Å². The Labute approximate surface area is 197 Å². The molecular formula is C24H25N7OS. The van der Waals surface area contributed by atoms with Crippen molar-refractivity contribution in [3.63, 3.8) is 0 Å². The van der Waals surface area contributed by atoms with E-state index < -0.39 is 0 Å². The summed E-state index contributed by atoms with van der Waals surface area (Å²) in [7, 11) is 0. The minimum Gasteiger partial charge on any atom is -0.372 e. The van der Waals surface area contributed by atoms with Crippen molar-refractivity contribution in [2.75, 3.05) is 29.1 Å². The standard InChI is InChI=1S/C24H25N7OS/c1-3-30(4-2)19-12-10-18(11-13-19)27-22(32)17-33-24-29-28-23(21-16-25-14-15-26-21)31(24)20-8-6-5-7-9-20/h5-16H,3-4,17H2,1-2H3,(H,27,32). The number of anilines is 2. The molecule has 0 radical (unpaired) electrons. The van der Waals surface area contributed by atoms with Crippen LogP contribution in [0.15, 0.2) is 78.3 Å². The lowest BCUT2D eigenvalue weighted by molar-refractivity contribution is -0.113. The Morgan fingerprint density at radius 3 is 2.42 bits per heavy atom. The van der Waals surface area contributed by atoms with Crippen LogP contribution in [0.5, 0.6) is 0 Å². The molecule has 0 atom stereocenters. The summed E-state index contributed by atoms with van der Waals surface area (Å²) in [6, 6.07) is 17.7. The number of carbonyl (C=O) groups is 1. The van der Waals surface area contributed by atoms with Crippen LogP contribution in [0.3, 0.4) is 0 Å². The molecule has 0 aliphatic heterocycles. The van der Waals surface area contributed by atoms with Gasteiger partial charge in [-0.25, -0.2) is 4.98 Å². The average molecular weight is 460 g/mol. The second kappa shape index (κ2) is 10.7. The van der Waals surface area contributed by atoms with E-state index in [1.807, 2.05) is 59.2 Å². The lowest BCUT2D eigenvalue weighted by atomic mass is 10.2. The highest BCUT2D eigenvalue weighted by Gasteiger charge is 2.18. The summed E-state index contributed by atoms with van der Waals surface area (Å²) in [6.45, 7) is 6.13. The van der Waals surface area contributed by atoms with Crippen LogP contribution in [0.1, 0.15) is 13.8 Å². The molecular weight excluding hydrogens is 434 g/mol. The van der Waals surface area contributed by atoms with Crippen molar-refractivity contribution in [1.29, 1.82) is 0 Å². The fraction of sp³-hybridized carbons (Fsp3) is 0.208. The van der Waals surface area contributed by atoms with Crippen LogP contribution < -0.4 is 10.2 Å². The first-order valence-corrected chi connectivity index (χ1v) is 11.7. The molecule has 0 spiro atoms. The van der Waals surface area contributed by atoms with E-state index in [4.69, 9.17) is 0 Å².